The van der Waals surface area contributed by atoms with Crippen LogP contribution in [0.4, 0.5) is 0 Å². The molecule has 0 amide bonds. The lowest BCUT2D eigenvalue weighted by Crippen LogP contribution is -2.04. The van der Waals surface area contributed by atoms with E-state index in [0.29, 0.717) is 27.4 Å². The second kappa shape index (κ2) is 4.99. The molecule has 0 saturated heterocycles. The maximum Gasteiger partial charge on any atom is 0.166 e. The molecular formula is C14H16Cl2O. The predicted molar refractivity (Wildman–Crippen MR) is 71.8 cm³/mol. The Morgan fingerprint density at radius 2 is 2.06 bits per heavy atom. The van der Waals surface area contributed by atoms with Crippen LogP contribution in [-0.4, -0.2) is 5.78 Å². The van der Waals surface area contributed by atoms with E-state index in [4.69, 9.17) is 23.2 Å². The second-order valence-electron chi connectivity index (χ2n) is 5.22. The highest BCUT2D eigenvalue weighted by molar-refractivity contribution is 6.42. The van der Waals surface area contributed by atoms with Gasteiger partial charge >= 0.3 is 0 Å². The van der Waals surface area contributed by atoms with Crippen molar-refractivity contribution in [2.75, 3.05) is 0 Å². The van der Waals surface area contributed by atoms with Gasteiger partial charge in [0.25, 0.3) is 0 Å². The molecule has 1 aliphatic carbocycles. The van der Waals surface area contributed by atoms with E-state index in [1.807, 2.05) is 0 Å². The minimum atomic E-state index is 0.203. The molecule has 0 heterocycles. The van der Waals surface area contributed by atoms with Gasteiger partial charge in [0.2, 0.25) is 0 Å². The molecule has 92 valence electrons. The zero-order chi connectivity index (χ0) is 12.6. The van der Waals surface area contributed by atoms with Gasteiger partial charge in [-0.2, -0.15) is 0 Å². The van der Waals surface area contributed by atoms with Crippen LogP contribution < -0.4 is 0 Å². The van der Waals surface area contributed by atoms with Crippen molar-refractivity contribution in [3.05, 3.63) is 33.8 Å². The number of halogens is 2. The molecule has 0 N–H and O–H groups in total. The third kappa shape index (κ3) is 3.02. The van der Waals surface area contributed by atoms with Gasteiger partial charge in [-0.15, -0.1) is 0 Å². The predicted octanol–water partition coefficient (Wildman–Crippen LogP) is 4.86. The lowest BCUT2D eigenvalue weighted by Gasteiger charge is -2.04. The van der Waals surface area contributed by atoms with Crippen LogP contribution in [0.15, 0.2) is 18.2 Å². The van der Waals surface area contributed by atoms with E-state index in [9.17, 15) is 4.79 Å². The summed E-state index contributed by atoms with van der Waals surface area (Å²) < 4.78 is 0. The Labute approximate surface area is 112 Å². The second-order valence-corrected chi connectivity index (χ2v) is 6.04. The van der Waals surface area contributed by atoms with E-state index in [0.717, 1.165) is 12.8 Å². The molecular weight excluding hydrogens is 255 g/mol. The molecule has 17 heavy (non-hydrogen) atoms. The summed E-state index contributed by atoms with van der Waals surface area (Å²) in [6, 6.07) is 5.13. The zero-order valence-electron chi connectivity index (χ0n) is 10.0. The fraction of sp³-hybridized carbons (Fsp3) is 0.500. The SMILES string of the molecule is CC(C)C[C@H]1C[C@@H]1C(=O)c1ccc(Cl)c(Cl)c1. The summed E-state index contributed by atoms with van der Waals surface area (Å²) in [5, 5.41) is 0.955. The van der Waals surface area contributed by atoms with Crippen molar-refractivity contribution in [1.82, 2.24) is 0 Å². The van der Waals surface area contributed by atoms with E-state index in [-0.39, 0.29) is 11.7 Å². The van der Waals surface area contributed by atoms with Crippen molar-refractivity contribution < 1.29 is 4.79 Å². The maximum atomic E-state index is 12.2. The highest BCUT2D eigenvalue weighted by Gasteiger charge is 2.42. The van der Waals surface area contributed by atoms with Crippen molar-refractivity contribution in [3.63, 3.8) is 0 Å². The van der Waals surface area contributed by atoms with E-state index < -0.39 is 0 Å². The molecule has 3 heteroatoms. The first kappa shape index (κ1) is 12.9. The van der Waals surface area contributed by atoms with Crippen LogP contribution in [0, 0.1) is 17.8 Å². The van der Waals surface area contributed by atoms with E-state index in [1.165, 1.54) is 0 Å². The quantitative estimate of drug-likeness (QED) is 0.715. The smallest absolute Gasteiger partial charge is 0.166 e. The summed E-state index contributed by atoms with van der Waals surface area (Å²) in [6.07, 6.45) is 2.16. The minimum Gasteiger partial charge on any atom is -0.294 e. The van der Waals surface area contributed by atoms with Crippen molar-refractivity contribution in [2.24, 2.45) is 17.8 Å². The first-order valence-electron chi connectivity index (χ1n) is 5.98. The van der Waals surface area contributed by atoms with Gasteiger partial charge in [0.15, 0.2) is 5.78 Å². The molecule has 1 fully saturated rings. The van der Waals surface area contributed by atoms with Gasteiger partial charge in [-0.25, -0.2) is 0 Å². The molecule has 0 aliphatic heterocycles. The Kier molecular flexibility index (Phi) is 3.79. The van der Waals surface area contributed by atoms with Crippen LogP contribution in [-0.2, 0) is 0 Å². The Balaban J connectivity index is 2.04. The van der Waals surface area contributed by atoms with Crippen LogP contribution in [0.5, 0.6) is 0 Å². The molecule has 1 nitrogen and oxygen atoms in total. The average Bonchev–Trinajstić information content (AvgIpc) is 2.99. The normalized spacial score (nSPS) is 22.9. The topological polar surface area (TPSA) is 17.1 Å². The molecule has 1 saturated carbocycles. The zero-order valence-corrected chi connectivity index (χ0v) is 11.6. The summed E-state index contributed by atoms with van der Waals surface area (Å²) in [4.78, 5) is 12.2. The molecule has 2 atom stereocenters. The van der Waals surface area contributed by atoms with Gasteiger partial charge in [0, 0.05) is 11.5 Å². The lowest BCUT2D eigenvalue weighted by molar-refractivity contribution is 0.0959. The molecule has 1 aliphatic rings. The van der Waals surface area contributed by atoms with Crippen LogP contribution in [0.1, 0.15) is 37.0 Å². The number of carbonyl (C=O) groups is 1. The maximum absolute atomic E-state index is 12.2. The standard InChI is InChI=1S/C14H16Cl2O/c1-8(2)5-10-6-11(10)14(17)9-3-4-12(15)13(16)7-9/h3-4,7-8,10-11H,5-6H2,1-2H3/t10-,11-/m0/s1. The summed E-state index contributed by atoms with van der Waals surface area (Å²) in [5.74, 6) is 1.65. The molecule has 0 unspecified atom stereocenters. The van der Waals surface area contributed by atoms with Gasteiger partial charge in [0.05, 0.1) is 10.0 Å². The number of rotatable bonds is 4. The third-order valence-electron chi connectivity index (χ3n) is 3.24. The third-order valence-corrected chi connectivity index (χ3v) is 3.98. The highest BCUT2D eigenvalue weighted by atomic mass is 35.5. The number of carbonyl (C=O) groups excluding carboxylic acids is 1. The van der Waals surface area contributed by atoms with Gasteiger partial charge in [-0.05, 0) is 42.9 Å². The highest BCUT2D eigenvalue weighted by Crippen LogP contribution is 2.45. The first-order chi connectivity index (χ1) is 7.99. The first-order valence-corrected chi connectivity index (χ1v) is 6.74. The van der Waals surface area contributed by atoms with Crippen LogP contribution in [0.2, 0.25) is 10.0 Å². The summed E-state index contributed by atoms with van der Waals surface area (Å²) in [7, 11) is 0. The van der Waals surface area contributed by atoms with Crippen LogP contribution in [0.25, 0.3) is 0 Å². The van der Waals surface area contributed by atoms with Gasteiger partial charge in [0.1, 0.15) is 0 Å². The molecule has 0 spiro atoms. The number of hydrogen-bond donors (Lipinski definition) is 0. The van der Waals surface area contributed by atoms with E-state index in [2.05, 4.69) is 13.8 Å². The van der Waals surface area contributed by atoms with Gasteiger partial charge in [-0.1, -0.05) is 37.0 Å². The lowest BCUT2D eigenvalue weighted by atomic mass is 10.0. The molecule has 1 aromatic rings. The number of ketones is 1. The average molecular weight is 271 g/mol. The summed E-state index contributed by atoms with van der Waals surface area (Å²) >= 11 is 11.8. The van der Waals surface area contributed by atoms with Crippen LogP contribution >= 0.6 is 23.2 Å². The minimum absolute atomic E-state index is 0.203. The Morgan fingerprint density at radius 3 is 2.65 bits per heavy atom. The molecule has 0 aromatic heterocycles. The van der Waals surface area contributed by atoms with Gasteiger partial charge in [-0.3, -0.25) is 4.79 Å². The fourth-order valence-corrected chi connectivity index (χ4v) is 2.60. The Hall–Kier alpha value is -0.530. The van der Waals surface area contributed by atoms with Crippen molar-refractivity contribution in [3.8, 4) is 0 Å². The van der Waals surface area contributed by atoms with Crippen LogP contribution in [0.3, 0.4) is 0 Å². The van der Waals surface area contributed by atoms with Crippen molar-refractivity contribution >= 4 is 29.0 Å². The summed E-state index contributed by atoms with van der Waals surface area (Å²) in [5.41, 5.74) is 0.690. The number of benzene rings is 1. The summed E-state index contributed by atoms with van der Waals surface area (Å²) in [6.45, 7) is 4.39. The van der Waals surface area contributed by atoms with E-state index >= 15 is 0 Å². The van der Waals surface area contributed by atoms with E-state index in [1.54, 1.807) is 18.2 Å². The largest absolute Gasteiger partial charge is 0.294 e. The Morgan fingerprint density at radius 1 is 1.35 bits per heavy atom. The monoisotopic (exact) mass is 270 g/mol. The molecule has 0 bridgehead atoms. The molecule has 2 rings (SSSR count). The molecule has 1 aromatic carbocycles. The van der Waals surface area contributed by atoms with Crippen molar-refractivity contribution in [2.45, 2.75) is 26.7 Å². The number of hydrogen-bond acceptors (Lipinski definition) is 1. The Bertz CT molecular complexity index is 440. The fourth-order valence-electron chi connectivity index (χ4n) is 2.30. The number of Topliss-reactive ketones (excluding diaryl/α,β-unsaturated/α-hetero) is 1. The van der Waals surface area contributed by atoms with Crippen molar-refractivity contribution in [1.29, 1.82) is 0 Å². The van der Waals surface area contributed by atoms with Gasteiger partial charge < -0.3 is 0 Å². The molecule has 0 radical (unpaired) electrons.